The van der Waals surface area contributed by atoms with E-state index in [1.165, 1.54) is 58.0 Å². The third-order valence-corrected chi connectivity index (χ3v) is 5.24. The molecule has 2 aliphatic carbocycles. The van der Waals surface area contributed by atoms with Crippen LogP contribution in [-0.4, -0.2) is 36.1 Å². The largest absolute Gasteiger partial charge is 0.462 e. The molecule has 0 N–H and O–H groups in total. The SMILES string of the molecule is CC(=O)O[C@@H]1[C@H]2CCC[C@H]1[C@@H](N1CCCC1)CC2. The van der Waals surface area contributed by atoms with Gasteiger partial charge < -0.3 is 4.74 Å². The lowest BCUT2D eigenvalue weighted by Gasteiger charge is -2.48. The summed E-state index contributed by atoms with van der Waals surface area (Å²) in [6.45, 7) is 4.09. The zero-order valence-corrected chi connectivity index (χ0v) is 11.4. The van der Waals surface area contributed by atoms with Crippen LogP contribution in [0.4, 0.5) is 0 Å². The molecule has 2 saturated carbocycles. The number of hydrogen-bond donors (Lipinski definition) is 0. The summed E-state index contributed by atoms with van der Waals surface area (Å²) in [5.74, 6) is 1.17. The Morgan fingerprint density at radius 3 is 2.56 bits per heavy atom. The Bertz CT molecular complexity index is 312. The van der Waals surface area contributed by atoms with Gasteiger partial charge in [-0.1, -0.05) is 6.42 Å². The van der Waals surface area contributed by atoms with Gasteiger partial charge in [-0.2, -0.15) is 0 Å². The van der Waals surface area contributed by atoms with Crippen molar-refractivity contribution >= 4 is 5.97 Å². The van der Waals surface area contributed by atoms with Crippen LogP contribution in [0.2, 0.25) is 0 Å². The van der Waals surface area contributed by atoms with Crippen LogP contribution in [0.5, 0.6) is 0 Å². The molecule has 3 fully saturated rings. The highest BCUT2D eigenvalue weighted by Gasteiger charge is 2.45. The molecule has 0 aromatic carbocycles. The van der Waals surface area contributed by atoms with E-state index in [1.54, 1.807) is 6.92 Å². The summed E-state index contributed by atoms with van der Waals surface area (Å²) in [5, 5.41) is 0. The van der Waals surface area contributed by atoms with Crippen molar-refractivity contribution in [1.82, 2.24) is 4.90 Å². The summed E-state index contributed by atoms with van der Waals surface area (Å²) in [4.78, 5) is 14.0. The van der Waals surface area contributed by atoms with Crippen LogP contribution in [-0.2, 0) is 9.53 Å². The first kappa shape index (κ1) is 12.5. The van der Waals surface area contributed by atoms with Gasteiger partial charge in [-0.3, -0.25) is 9.69 Å². The maximum absolute atomic E-state index is 11.3. The van der Waals surface area contributed by atoms with Crippen molar-refractivity contribution < 1.29 is 9.53 Å². The van der Waals surface area contributed by atoms with Crippen molar-refractivity contribution in [2.45, 2.75) is 64.0 Å². The lowest BCUT2D eigenvalue weighted by atomic mass is 9.67. The van der Waals surface area contributed by atoms with E-state index in [4.69, 9.17) is 4.74 Å². The number of carbonyl (C=O) groups excluding carboxylic acids is 1. The van der Waals surface area contributed by atoms with E-state index in [1.807, 2.05) is 0 Å². The smallest absolute Gasteiger partial charge is 0.302 e. The second-order valence-electron chi connectivity index (χ2n) is 6.32. The van der Waals surface area contributed by atoms with Crippen LogP contribution in [0.15, 0.2) is 0 Å². The van der Waals surface area contributed by atoms with Gasteiger partial charge >= 0.3 is 5.97 Å². The number of esters is 1. The quantitative estimate of drug-likeness (QED) is 0.707. The van der Waals surface area contributed by atoms with Crippen molar-refractivity contribution in [3.63, 3.8) is 0 Å². The summed E-state index contributed by atoms with van der Waals surface area (Å²) >= 11 is 0. The first-order valence-electron chi connectivity index (χ1n) is 7.67. The highest BCUT2D eigenvalue weighted by molar-refractivity contribution is 5.66. The lowest BCUT2D eigenvalue weighted by Crippen LogP contribution is -2.52. The molecule has 0 amide bonds. The van der Waals surface area contributed by atoms with Gasteiger partial charge in [0.1, 0.15) is 6.10 Å². The number of rotatable bonds is 2. The Labute approximate surface area is 110 Å². The van der Waals surface area contributed by atoms with E-state index >= 15 is 0 Å². The first-order valence-corrected chi connectivity index (χ1v) is 7.67. The second-order valence-corrected chi connectivity index (χ2v) is 6.32. The Balaban J connectivity index is 1.74. The van der Waals surface area contributed by atoms with Crippen LogP contribution in [0.25, 0.3) is 0 Å². The fraction of sp³-hybridized carbons (Fsp3) is 0.933. The van der Waals surface area contributed by atoms with E-state index in [-0.39, 0.29) is 12.1 Å². The van der Waals surface area contributed by atoms with Gasteiger partial charge in [0, 0.05) is 18.9 Å². The molecule has 1 aliphatic heterocycles. The van der Waals surface area contributed by atoms with Crippen molar-refractivity contribution in [1.29, 1.82) is 0 Å². The Morgan fingerprint density at radius 2 is 1.83 bits per heavy atom. The summed E-state index contributed by atoms with van der Waals surface area (Å²) < 4.78 is 5.68. The minimum absolute atomic E-state index is 0.0843. The molecule has 0 aromatic rings. The normalized spacial score (nSPS) is 40.7. The predicted molar refractivity (Wildman–Crippen MR) is 70.2 cm³/mol. The van der Waals surface area contributed by atoms with Crippen LogP contribution in [0, 0.1) is 11.8 Å². The number of hydrogen-bond acceptors (Lipinski definition) is 3. The van der Waals surface area contributed by atoms with Gasteiger partial charge in [0.15, 0.2) is 0 Å². The molecule has 0 spiro atoms. The van der Waals surface area contributed by atoms with E-state index < -0.39 is 0 Å². The maximum Gasteiger partial charge on any atom is 0.302 e. The minimum Gasteiger partial charge on any atom is -0.462 e. The molecule has 0 unspecified atom stereocenters. The van der Waals surface area contributed by atoms with Gasteiger partial charge in [-0.15, -0.1) is 0 Å². The molecule has 2 bridgehead atoms. The minimum atomic E-state index is -0.0843. The Morgan fingerprint density at radius 1 is 1.06 bits per heavy atom. The predicted octanol–water partition coefficient (Wildman–Crippen LogP) is 2.59. The summed E-state index contributed by atoms with van der Waals surface area (Å²) in [6, 6.07) is 0.688. The van der Waals surface area contributed by atoms with Gasteiger partial charge in [0.25, 0.3) is 0 Å². The second kappa shape index (κ2) is 5.20. The standard InChI is InChI=1S/C15H25NO2/c1-11(17)18-15-12-5-4-6-13(15)14(8-7-12)16-9-2-3-10-16/h12-15H,2-10H2,1H3/t12-,13-,14-,15+/m0/s1. The van der Waals surface area contributed by atoms with Gasteiger partial charge in [-0.05, 0) is 57.5 Å². The van der Waals surface area contributed by atoms with Crippen molar-refractivity contribution in [2.75, 3.05) is 13.1 Å². The number of fused-ring (bicyclic) bond motifs is 2. The maximum atomic E-state index is 11.3. The third-order valence-electron chi connectivity index (χ3n) is 5.24. The molecule has 1 saturated heterocycles. The monoisotopic (exact) mass is 251 g/mol. The highest BCUT2D eigenvalue weighted by atomic mass is 16.5. The van der Waals surface area contributed by atoms with E-state index in [2.05, 4.69) is 4.90 Å². The van der Waals surface area contributed by atoms with E-state index in [9.17, 15) is 4.79 Å². The summed E-state index contributed by atoms with van der Waals surface area (Å²) in [5.41, 5.74) is 0. The molecule has 3 nitrogen and oxygen atoms in total. The number of ether oxygens (including phenoxy) is 1. The topological polar surface area (TPSA) is 29.5 Å². The Kier molecular flexibility index (Phi) is 3.60. The summed E-state index contributed by atoms with van der Waals surface area (Å²) in [6.07, 6.45) is 9.36. The molecule has 1 heterocycles. The molecular weight excluding hydrogens is 226 g/mol. The first-order chi connectivity index (χ1) is 8.75. The highest BCUT2D eigenvalue weighted by Crippen LogP contribution is 2.44. The third kappa shape index (κ3) is 2.29. The molecule has 3 aliphatic rings. The van der Waals surface area contributed by atoms with Crippen LogP contribution in [0.1, 0.15) is 51.9 Å². The van der Waals surface area contributed by atoms with Gasteiger partial charge in [0.2, 0.25) is 0 Å². The van der Waals surface area contributed by atoms with Gasteiger partial charge in [-0.25, -0.2) is 0 Å². The number of nitrogens with zero attached hydrogens (tertiary/aromatic N) is 1. The molecule has 3 rings (SSSR count). The molecular formula is C15H25NO2. The number of carbonyl (C=O) groups is 1. The molecule has 18 heavy (non-hydrogen) atoms. The van der Waals surface area contributed by atoms with Crippen molar-refractivity contribution in [3.8, 4) is 0 Å². The molecule has 0 aromatic heterocycles. The molecule has 102 valence electrons. The fourth-order valence-electron chi connectivity index (χ4n) is 4.51. The van der Waals surface area contributed by atoms with E-state index in [0.29, 0.717) is 17.9 Å². The van der Waals surface area contributed by atoms with Crippen molar-refractivity contribution in [2.24, 2.45) is 11.8 Å². The molecule has 0 radical (unpaired) electrons. The van der Waals surface area contributed by atoms with E-state index in [0.717, 1.165) is 0 Å². The molecule has 3 heteroatoms. The lowest BCUT2D eigenvalue weighted by molar-refractivity contribution is -0.161. The number of likely N-dealkylation sites (tertiary alicyclic amines) is 1. The zero-order chi connectivity index (χ0) is 12.5. The van der Waals surface area contributed by atoms with Crippen LogP contribution < -0.4 is 0 Å². The van der Waals surface area contributed by atoms with Gasteiger partial charge in [0.05, 0.1) is 0 Å². The van der Waals surface area contributed by atoms with Crippen molar-refractivity contribution in [3.05, 3.63) is 0 Å². The van der Waals surface area contributed by atoms with Crippen LogP contribution >= 0.6 is 0 Å². The zero-order valence-electron chi connectivity index (χ0n) is 11.4. The summed E-state index contributed by atoms with van der Waals surface area (Å²) in [7, 11) is 0. The fourth-order valence-corrected chi connectivity index (χ4v) is 4.51. The van der Waals surface area contributed by atoms with Crippen LogP contribution in [0.3, 0.4) is 0 Å². The average Bonchev–Trinajstić information content (AvgIpc) is 2.81. The molecule has 4 atom stereocenters. The average molecular weight is 251 g/mol. The Hall–Kier alpha value is -0.570.